The van der Waals surface area contributed by atoms with Gasteiger partial charge in [-0.2, -0.15) is 0 Å². The van der Waals surface area contributed by atoms with Crippen LogP contribution in [0.3, 0.4) is 0 Å². The van der Waals surface area contributed by atoms with Crippen molar-refractivity contribution in [2.75, 3.05) is 13.1 Å². The van der Waals surface area contributed by atoms with Crippen LogP contribution in [0.15, 0.2) is 24.8 Å². The maximum Gasteiger partial charge on any atom is 0.255 e. The Labute approximate surface area is 135 Å². The zero-order chi connectivity index (χ0) is 16.4. The Hall–Kier alpha value is -2.44. The molecule has 0 aliphatic carbocycles. The number of piperidine rings is 1. The predicted molar refractivity (Wildman–Crippen MR) is 84.2 cm³/mol. The summed E-state index contributed by atoms with van der Waals surface area (Å²) >= 11 is 0. The normalized spacial score (nSPS) is 16.0. The molecule has 1 fully saturated rings. The Morgan fingerprint density at radius 2 is 2.04 bits per heavy atom. The van der Waals surface area contributed by atoms with Gasteiger partial charge in [-0.1, -0.05) is 0 Å². The zero-order valence-corrected chi connectivity index (χ0v) is 13.4. The molecule has 7 nitrogen and oxygen atoms in total. The largest absolute Gasteiger partial charge is 0.506 e. The molecular weight excluding hydrogens is 294 g/mol. The van der Waals surface area contributed by atoms with Gasteiger partial charge in [0.25, 0.3) is 5.91 Å². The van der Waals surface area contributed by atoms with Crippen LogP contribution in [0.1, 0.15) is 54.8 Å². The number of aromatic nitrogens is 4. The molecule has 1 aliphatic rings. The molecule has 1 saturated heterocycles. The van der Waals surface area contributed by atoms with Crippen LogP contribution in [0, 0.1) is 0 Å². The molecular formula is C16H21N5O2. The number of likely N-dealkylation sites (tertiary alicyclic amines) is 1. The minimum atomic E-state index is -0.0859. The number of pyridine rings is 1. The van der Waals surface area contributed by atoms with Crippen LogP contribution in [-0.4, -0.2) is 48.8 Å². The lowest BCUT2D eigenvalue weighted by atomic mass is 9.95. The second kappa shape index (κ2) is 6.36. The smallest absolute Gasteiger partial charge is 0.255 e. The fourth-order valence-electron chi connectivity index (χ4n) is 3.01. The van der Waals surface area contributed by atoms with E-state index in [0.29, 0.717) is 30.6 Å². The van der Waals surface area contributed by atoms with Crippen molar-refractivity contribution in [2.24, 2.45) is 0 Å². The molecule has 0 unspecified atom stereocenters. The molecule has 1 amide bonds. The van der Waals surface area contributed by atoms with Crippen molar-refractivity contribution in [2.45, 2.75) is 38.6 Å². The lowest BCUT2D eigenvalue weighted by Crippen LogP contribution is -2.38. The molecule has 0 radical (unpaired) electrons. The van der Waals surface area contributed by atoms with Gasteiger partial charge < -0.3 is 14.6 Å². The molecule has 7 heteroatoms. The Kier molecular flexibility index (Phi) is 4.27. The van der Waals surface area contributed by atoms with Crippen molar-refractivity contribution in [1.29, 1.82) is 0 Å². The van der Waals surface area contributed by atoms with Crippen molar-refractivity contribution in [3.63, 3.8) is 0 Å². The molecule has 1 N–H and O–H groups in total. The van der Waals surface area contributed by atoms with Gasteiger partial charge in [-0.25, -0.2) is 0 Å². The number of hydrogen-bond acceptors (Lipinski definition) is 5. The molecule has 3 heterocycles. The van der Waals surface area contributed by atoms with E-state index >= 15 is 0 Å². The van der Waals surface area contributed by atoms with E-state index in [1.165, 1.54) is 18.5 Å². The average molecular weight is 315 g/mol. The topological polar surface area (TPSA) is 84.1 Å². The number of carbonyl (C=O) groups excluding carboxylic acids is 1. The Morgan fingerprint density at radius 1 is 1.30 bits per heavy atom. The molecule has 0 aromatic carbocycles. The quantitative estimate of drug-likeness (QED) is 0.936. The standard InChI is InChI=1S/C16H21N5O2/c1-11(2)21-10-18-19-15(21)12-3-5-20(6-4-12)16(23)13-7-14(22)9-17-8-13/h7-12,22H,3-6H2,1-2H3. The molecule has 3 rings (SSSR count). The van der Waals surface area contributed by atoms with Gasteiger partial charge in [-0.3, -0.25) is 9.78 Å². The van der Waals surface area contributed by atoms with Crippen LogP contribution in [-0.2, 0) is 0 Å². The molecule has 1 aliphatic heterocycles. The molecule has 0 bridgehead atoms. The van der Waals surface area contributed by atoms with Gasteiger partial charge in [-0.15, -0.1) is 10.2 Å². The molecule has 0 saturated carbocycles. The third-order valence-electron chi connectivity index (χ3n) is 4.28. The van der Waals surface area contributed by atoms with Gasteiger partial charge in [-0.05, 0) is 32.8 Å². The fourth-order valence-corrected chi connectivity index (χ4v) is 3.01. The first-order chi connectivity index (χ1) is 11.1. The number of amides is 1. The van der Waals surface area contributed by atoms with Gasteiger partial charge in [0.1, 0.15) is 17.9 Å². The third-order valence-corrected chi connectivity index (χ3v) is 4.28. The fraction of sp³-hybridized carbons (Fsp3) is 0.500. The van der Waals surface area contributed by atoms with E-state index in [-0.39, 0.29) is 11.7 Å². The molecule has 23 heavy (non-hydrogen) atoms. The molecule has 122 valence electrons. The van der Waals surface area contributed by atoms with Gasteiger partial charge in [0.05, 0.1) is 11.8 Å². The Morgan fingerprint density at radius 3 is 2.70 bits per heavy atom. The van der Waals surface area contributed by atoms with Gasteiger partial charge in [0.15, 0.2) is 0 Å². The maximum atomic E-state index is 12.5. The number of rotatable bonds is 3. The minimum absolute atomic E-state index is 0.00997. The van der Waals surface area contributed by atoms with Crippen LogP contribution in [0.5, 0.6) is 5.75 Å². The lowest BCUT2D eigenvalue weighted by Gasteiger charge is -2.32. The molecule has 0 atom stereocenters. The second-order valence-electron chi connectivity index (χ2n) is 6.19. The molecule has 0 spiro atoms. The van der Waals surface area contributed by atoms with E-state index in [9.17, 15) is 9.90 Å². The van der Waals surface area contributed by atoms with Crippen LogP contribution in [0.4, 0.5) is 0 Å². The lowest BCUT2D eigenvalue weighted by molar-refractivity contribution is 0.0709. The highest BCUT2D eigenvalue weighted by atomic mass is 16.3. The summed E-state index contributed by atoms with van der Waals surface area (Å²) in [6, 6.07) is 1.79. The van der Waals surface area contributed by atoms with Crippen molar-refractivity contribution >= 4 is 5.91 Å². The first-order valence-electron chi connectivity index (χ1n) is 7.89. The van der Waals surface area contributed by atoms with Crippen molar-refractivity contribution in [1.82, 2.24) is 24.6 Å². The third kappa shape index (κ3) is 3.18. The van der Waals surface area contributed by atoms with Gasteiger partial charge in [0, 0.05) is 31.2 Å². The monoisotopic (exact) mass is 315 g/mol. The highest BCUT2D eigenvalue weighted by Gasteiger charge is 2.28. The van der Waals surface area contributed by atoms with Gasteiger partial charge >= 0.3 is 0 Å². The number of carbonyl (C=O) groups is 1. The van der Waals surface area contributed by atoms with Crippen LogP contribution < -0.4 is 0 Å². The summed E-state index contributed by atoms with van der Waals surface area (Å²) in [5, 5.41) is 17.8. The zero-order valence-electron chi connectivity index (χ0n) is 13.4. The van der Waals surface area contributed by atoms with Crippen LogP contribution in [0.2, 0.25) is 0 Å². The summed E-state index contributed by atoms with van der Waals surface area (Å²) < 4.78 is 2.10. The van der Waals surface area contributed by atoms with E-state index in [4.69, 9.17) is 0 Å². The van der Waals surface area contributed by atoms with Crippen molar-refractivity contribution in [3.8, 4) is 5.75 Å². The van der Waals surface area contributed by atoms with Crippen molar-refractivity contribution < 1.29 is 9.90 Å². The highest BCUT2D eigenvalue weighted by molar-refractivity contribution is 5.94. The van der Waals surface area contributed by atoms with E-state index in [1.807, 2.05) is 4.90 Å². The predicted octanol–water partition coefficient (Wildman–Crippen LogP) is 1.98. The van der Waals surface area contributed by atoms with Gasteiger partial charge in [0.2, 0.25) is 0 Å². The first-order valence-corrected chi connectivity index (χ1v) is 7.89. The Balaban J connectivity index is 1.66. The molecule has 2 aromatic heterocycles. The SMILES string of the molecule is CC(C)n1cnnc1C1CCN(C(=O)c2cncc(O)c2)CC1. The minimum Gasteiger partial charge on any atom is -0.506 e. The average Bonchev–Trinajstić information content (AvgIpc) is 3.04. The number of aromatic hydroxyl groups is 1. The highest BCUT2D eigenvalue weighted by Crippen LogP contribution is 2.28. The van der Waals surface area contributed by atoms with Crippen LogP contribution in [0.25, 0.3) is 0 Å². The maximum absolute atomic E-state index is 12.5. The summed E-state index contributed by atoms with van der Waals surface area (Å²) in [4.78, 5) is 18.1. The van der Waals surface area contributed by atoms with E-state index in [1.54, 1.807) is 6.33 Å². The summed E-state index contributed by atoms with van der Waals surface area (Å²) in [5.74, 6) is 1.25. The van der Waals surface area contributed by atoms with Crippen LogP contribution >= 0.6 is 0 Å². The second-order valence-corrected chi connectivity index (χ2v) is 6.19. The van der Waals surface area contributed by atoms with Crippen molar-refractivity contribution in [3.05, 3.63) is 36.2 Å². The number of nitrogens with zero attached hydrogens (tertiary/aromatic N) is 5. The Bertz CT molecular complexity index is 689. The van der Waals surface area contributed by atoms with E-state index < -0.39 is 0 Å². The first kappa shape index (κ1) is 15.5. The summed E-state index contributed by atoms with van der Waals surface area (Å²) in [5.41, 5.74) is 0.425. The molecule has 2 aromatic rings. The van der Waals surface area contributed by atoms with E-state index in [0.717, 1.165) is 18.7 Å². The summed E-state index contributed by atoms with van der Waals surface area (Å²) in [7, 11) is 0. The summed E-state index contributed by atoms with van der Waals surface area (Å²) in [6.07, 6.45) is 6.31. The number of hydrogen-bond donors (Lipinski definition) is 1. The summed E-state index contributed by atoms with van der Waals surface area (Å²) in [6.45, 7) is 5.56. The van der Waals surface area contributed by atoms with E-state index in [2.05, 4.69) is 33.6 Å².